The summed E-state index contributed by atoms with van der Waals surface area (Å²) >= 11 is 5.61. The number of hydrogen-bond acceptors (Lipinski definition) is 0. The van der Waals surface area contributed by atoms with Gasteiger partial charge >= 0.3 is 0 Å². The molecule has 0 aromatic heterocycles. The summed E-state index contributed by atoms with van der Waals surface area (Å²) in [6.07, 6.45) is 0.997. The predicted octanol–water partition coefficient (Wildman–Crippen LogP) is 3.47. The van der Waals surface area contributed by atoms with E-state index in [0.29, 0.717) is 0 Å². The highest BCUT2D eigenvalue weighted by molar-refractivity contribution is 6.76. The third kappa shape index (κ3) is 8.25. The van der Waals surface area contributed by atoms with Crippen LogP contribution in [0.3, 0.4) is 0 Å². The first-order chi connectivity index (χ1) is 3.92. The Morgan fingerprint density at radius 3 is 2.00 bits per heavy atom. The lowest BCUT2D eigenvalue weighted by Crippen LogP contribution is -2.18. The Morgan fingerprint density at radius 1 is 1.44 bits per heavy atom. The van der Waals surface area contributed by atoms with Crippen LogP contribution in [0.5, 0.6) is 0 Å². The monoisotopic (exact) mass is 162 g/mol. The van der Waals surface area contributed by atoms with Gasteiger partial charge in [-0.05, 0) is 6.42 Å². The first-order valence-electron chi connectivity index (χ1n) is 3.25. The molecule has 9 heavy (non-hydrogen) atoms. The molecule has 0 bridgehead atoms. The summed E-state index contributed by atoms with van der Waals surface area (Å²) in [6.45, 7) is 10.7. The van der Waals surface area contributed by atoms with Crippen LogP contribution in [0.2, 0.25) is 25.7 Å². The number of hydrogen-bond donors (Lipinski definition) is 0. The van der Waals surface area contributed by atoms with Crippen LogP contribution in [-0.4, -0.2) is 8.07 Å². The molecule has 0 unspecified atom stereocenters. The van der Waals surface area contributed by atoms with Gasteiger partial charge in [0.25, 0.3) is 0 Å². The molecule has 0 aromatic carbocycles. The van der Waals surface area contributed by atoms with E-state index in [0.717, 1.165) is 11.5 Å². The lowest BCUT2D eigenvalue weighted by atomic mass is 10.5. The van der Waals surface area contributed by atoms with Crippen molar-refractivity contribution in [2.24, 2.45) is 0 Å². The van der Waals surface area contributed by atoms with Gasteiger partial charge in [0.1, 0.15) is 0 Å². The Labute approximate surface area is 63.9 Å². The SMILES string of the molecule is C=C(Cl)CC[Si](C)(C)C. The topological polar surface area (TPSA) is 0 Å². The van der Waals surface area contributed by atoms with Gasteiger partial charge in [-0.1, -0.05) is 43.9 Å². The molecule has 2 heteroatoms. The maximum Gasteiger partial charge on any atom is 0.0446 e. The van der Waals surface area contributed by atoms with Crippen LogP contribution in [0.15, 0.2) is 11.6 Å². The molecular weight excluding hydrogens is 148 g/mol. The van der Waals surface area contributed by atoms with Crippen LogP contribution in [-0.2, 0) is 0 Å². The molecular formula is C7H15ClSi. The summed E-state index contributed by atoms with van der Waals surface area (Å²) in [5, 5.41) is 0.803. The van der Waals surface area contributed by atoms with Crippen LogP contribution < -0.4 is 0 Å². The van der Waals surface area contributed by atoms with Crippen molar-refractivity contribution < 1.29 is 0 Å². The standard InChI is InChI=1S/C7H15ClSi/c1-7(8)5-6-9(2,3)4/h1,5-6H2,2-4H3. The third-order valence-corrected chi connectivity index (χ3v) is 3.09. The number of halogens is 1. The van der Waals surface area contributed by atoms with Crippen molar-refractivity contribution in [2.45, 2.75) is 32.1 Å². The molecule has 0 saturated carbocycles. The Bertz CT molecular complexity index is 102. The fourth-order valence-electron chi connectivity index (χ4n) is 0.511. The minimum Gasteiger partial charge on any atom is -0.0898 e. The molecule has 0 atom stereocenters. The van der Waals surface area contributed by atoms with Crippen molar-refractivity contribution in [3.63, 3.8) is 0 Å². The lowest BCUT2D eigenvalue weighted by molar-refractivity contribution is 1.14. The molecule has 0 amide bonds. The molecule has 0 spiro atoms. The van der Waals surface area contributed by atoms with Crippen LogP contribution in [0.1, 0.15) is 6.42 Å². The zero-order chi connectivity index (χ0) is 7.49. The third-order valence-electron chi connectivity index (χ3n) is 1.15. The minimum absolute atomic E-state index is 0.803. The molecule has 0 fully saturated rings. The molecule has 0 aliphatic carbocycles. The number of allylic oxidation sites excluding steroid dienone is 1. The number of rotatable bonds is 3. The second-order valence-electron chi connectivity index (χ2n) is 3.58. The van der Waals surface area contributed by atoms with Crippen LogP contribution in [0.25, 0.3) is 0 Å². The highest BCUT2D eigenvalue weighted by Gasteiger charge is 2.11. The molecule has 0 radical (unpaired) electrons. The average Bonchev–Trinajstić information content (AvgIpc) is 1.59. The van der Waals surface area contributed by atoms with E-state index in [1.54, 1.807) is 0 Å². The largest absolute Gasteiger partial charge is 0.0898 e. The summed E-state index contributed by atoms with van der Waals surface area (Å²) in [4.78, 5) is 0. The highest BCUT2D eigenvalue weighted by atomic mass is 35.5. The average molecular weight is 163 g/mol. The van der Waals surface area contributed by atoms with Gasteiger partial charge < -0.3 is 0 Å². The van der Waals surface area contributed by atoms with Crippen molar-refractivity contribution in [2.75, 3.05) is 0 Å². The van der Waals surface area contributed by atoms with E-state index in [2.05, 4.69) is 26.2 Å². The summed E-state index contributed by atoms with van der Waals surface area (Å²) in [7, 11) is -0.865. The van der Waals surface area contributed by atoms with Gasteiger partial charge in [-0.2, -0.15) is 0 Å². The second-order valence-corrected chi connectivity index (χ2v) is 9.73. The minimum atomic E-state index is -0.865. The van der Waals surface area contributed by atoms with E-state index in [9.17, 15) is 0 Å². The van der Waals surface area contributed by atoms with Crippen molar-refractivity contribution in [3.8, 4) is 0 Å². The molecule has 0 N–H and O–H groups in total. The predicted molar refractivity (Wildman–Crippen MR) is 47.8 cm³/mol. The van der Waals surface area contributed by atoms with E-state index in [1.807, 2.05) is 0 Å². The fraction of sp³-hybridized carbons (Fsp3) is 0.714. The van der Waals surface area contributed by atoms with E-state index >= 15 is 0 Å². The first-order valence-corrected chi connectivity index (χ1v) is 7.33. The smallest absolute Gasteiger partial charge is 0.0446 e. The Balaban J connectivity index is 3.39. The molecule has 0 aliphatic heterocycles. The van der Waals surface area contributed by atoms with Crippen molar-refractivity contribution >= 4 is 19.7 Å². The molecule has 0 rings (SSSR count). The van der Waals surface area contributed by atoms with Crippen molar-refractivity contribution in [1.29, 1.82) is 0 Å². The highest BCUT2D eigenvalue weighted by Crippen LogP contribution is 2.16. The normalized spacial score (nSPS) is 11.6. The van der Waals surface area contributed by atoms with Gasteiger partial charge in [-0.3, -0.25) is 0 Å². The zero-order valence-corrected chi connectivity index (χ0v) is 8.26. The molecule has 0 aliphatic rings. The van der Waals surface area contributed by atoms with Crippen LogP contribution in [0, 0.1) is 0 Å². The maximum absolute atomic E-state index is 5.61. The molecule has 0 nitrogen and oxygen atoms in total. The quantitative estimate of drug-likeness (QED) is 0.558. The van der Waals surface area contributed by atoms with Crippen LogP contribution >= 0.6 is 11.6 Å². The zero-order valence-electron chi connectivity index (χ0n) is 6.50. The van der Waals surface area contributed by atoms with Gasteiger partial charge in [0, 0.05) is 13.1 Å². The Hall–Kier alpha value is 0.247. The summed E-state index contributed by atoms with van der Waals surface area (Å²) in [5.41, 5.74) is 0. The summed E-state index contributed by atoms with van der Waals surface area (Å²) in [6, 6.07) is 1.26. The molecule has 0 heterocycles. The molecule has 0 saturated heterocycles. The van der Waals surface area contributed by atoms with E-state index in [-0.39, 0.29) is 0 Å². The second kappa shape index (κ2) is 3.42. The van der Waals surface area contributed by atoms with Gasteiger partial charge in [0.2, 0.25) is 0 Å². The van der Waals surface area contributed by atoms with Gasteiger partial charge in [0.15, 0.2) is 0 Å². The van der Waals surface area contributed by atoms with Crippen LogP contribution in [0.4, 0.5) is 0 Å². The van der Waals surface area contributed by atoms with Gasteiger partial charge in [-0.15, -0.1) is 0 Å². The molecule has 54 valence electrons. The van der Waals surface area contributed by atoms with E-state index in [4.69, 9.17) is 11.6 Å². The fourth-order valence-corrected chi connectivity index (χ4v) is 1.82. The van der Waals surface area contributed by atoms with Crippen molar-refractivity contribution in [3.05, 3.63) is 11.6 Å². The van der Waals surface area contributed by atoms with Gasteiger partial charge in [-0.25, -0.2) is 0 Å². The maximum atomic E-state index is 5.61. The van der Waals surface area contributed by atoms with Crippen molar-refractivity contribution in [1.82, 2.24) is 0 Å². The summed E-state index contributed by atoms with van der Waals surface area (Å²) in [5.74, 6) is 0. The summed E-state index contributed by atoms with van der Waals surface area (Å²) < 4.78 is 0. The Kier molecular flexibility index (Phi) is 3.52. The molecule has 0 aromatic rings. The Morgan fingerprint density at radius 2 is 1.89 bits per heavy atom. The lowest BCUT2D eigenvalue weighted by Gasteiger charge is -2.13. The van der Waals surface area contributed by atoms with E-state index in [1.165, 1.54) is 6.04 Å². The first kappa shape index (κ1) is 9.25. The van der Waals surface area contributed by atoms with E-state index < -0.39 is 8.07 Å². The van der Waals surface area contributed by atoms with Gasteiger partial charge in [0.05, 0.1) is 0 Å².